The first kappa shape index (κ1) is 26.3. The lowest BCUT2D eigenvalue weighted by Crippen LogP contribution is -2.49. The molecule has 1 aliphatic carbocycles. The highest BCUT2D eigenvalue weighted by molar-refractivity contribution is 7.89. The molecule has 4 rings (SSSR count). The molecule has 2 aliphatic rings. The van der Waals surface area contributed by atoms with Crippen LogP contribution in [-0.4, -0.2) is 33.9 Å². The molecule has 1 fully saturated rings. The summed E-state index contributed by atoms with van der Waals surface area (Å²) < 4.78 is 32.5. The highest BCUT2D eigenvalue weighted by Gasteiger charge is 2.47. The van der Waals surface area contributed by atoms with Gasteiger partial charge in [0.15, 0.2) is 0 Å². The maximum absolute atomic E-state index is 12.0. The van der Waals surface area contributed by atoms with Crippen LogP contribution in [0.1, 0.15) is 61.8 Å². The molecule has 0 amide bonds. The molecule has 1 aliphatic heterocycles. The standard InChI is InChI=1S/C25H33ClN2O3S.ClH/c1-2-3-17-32(29,30)28-15-16-31-22-10-5-19-11-14-27-24(23(19)18-22)25(12-4-13-25)20-6-8-21(26)9-7-20;/h5-10,18,24,27-28H,2-4,11-17H2,1H3;1H. The maximum atomic E-state index is 12.0. The molecule has 33 heavy (non-hydrogen) atoms. The van der Waals surface area contributed by atoms with E-state index in [0.29, 0.717) is 13.0 Å². The van der Waals surface area contributed by atoms with Crippen LogP contribution in [0.3, 0.4) is 0 Å². The Morgan fingerprint density at radius 1 is 1.18 bits per heavy atom. The summed E-state index contributed by atoms with van der Waals surface area (Å²) in [7, 11) is -3.22. The summed E-state index contributed by atoms with van der Waals surface area (Å²) in [5, 5.41) is 4.55. The Kier molecular flexibility index (Phi) is 9.09. The van der Waals surface area contributed by atoms with Crippen LogP contribution in [-0.2, 0) is 21.9 Å². The predicted octanol–water partition coefficient (Wildman–Crippen LogP) is 5.17. The molecule has 8 heteroatoms. The molecular formula is C25H34Cl2N2O3S. The number of hydrogen-bond acceptors (Lipinski definition) is 4. The monoisotopic (exact) mass is 512 g/mol. The molecular weight excluding hydrogens is 479 g/mol. The zero-order valence-corrected chi connectivity index (χ0v) is 21.5. The van der Waals surface area contributed by atoms with Crippen molar-refractivity contribution < 1.29 is 13.2 Å². The van der Waals surface area contributed by atoms with Crippen molar-refractivity contribution in [1.82, 2.24) is 10.0 Å². The van der Waals surface area contributed by atoms with E-state index < -0.39 is 10.0 Å². The van der Waals surface area contributed by atoms with Crippen molar-refractivity contribution >= 4 is 34.0 Å². The Bertz CT molecular complexity index is 1020. The van der Waals surface area contributed by atoms with Crippen molar-refractivity contribution in [1.29, 1.82) is 0 Å². The lowest BCUT2D eigenvalue weighted by molar-refractivity contribution is 0.164. The highest BCUT2D eigenvalue weighted by Crippen LogP contribution is 2.53. The number of halogens is 2. The fourth-order valence-corrected chi connectivity index (χ4v) is 6.30. The number of unbranched alkanes of at least 4 members (excludes halogenated alkanes) is 1. The van der Waals surface area contributed by atoms with Gasteiger partial charge in [-0.05, 0) is 73.2 Å². The summed E-state index contributed by atoms with van der Waals surface area (Å²) in [6.07, 6.45) is 6.06. The smallest absolute Gasteiger partial charge is 0.211 e. The second-order valence-corrected chi connectivity index (χ2v) is 11.3. The second-order valence-electron chi connectivity index (χ2n) is 8.93. The molecule has 5 nitrogen and oxygen atoms in total. The van der Waals surface area contributed by atoms with Gasteiger partial charge < -0.3 is 10.1 Å². The molecule has 2 N–H and O–H groups in total. The van der Waals surface area contributed by atoms with E-state index in [-0.39, 0.29) is 36.2 Å². The quantitative estimate of drug-likeness (QED) is 0.431. The zero-order valence-electron chi connectivity index (χ0n) is 19.1. The fourth-order valence-electron chi connectivity index (χ4n) is 4.97. The van der Waals surface area contributed by atoms with Crippen LogP contribution in [0.2, 0.25) is 5.02 Å². The molecule has 1 heterocycles. The van der Waals surface area contributed by atoms with E-state index in [4.69, 9.17) is 16.3 Å². The molecule has 182 valence electrons. The SMILES string of the molecule is CCCCS(=O)(=O)NCCOc1ccc2c(c1)C(C1(c3ccc(Cl)cc3)CCC1)NCC2.Cl. The van der Waals surface area contributed by atoms with Gasteiger partial charge in [-0.15, -0.1) is 12.4 Å². The Hall–Kier alpha value is -1.31. The minimum absolute atomic E-state index is 0. The Morgan fingerprint density at radius 2 is 1.94 bits per heavy atom. The largest absolute Gasteiger partial charge is 0.492 e. The maximum Gasteiger partial charge on any atom is 0.211 e. The van der Waals surface area contributed by atoms with Crippen LogP contribution in [0.15, 0.2) is 42.5 Å². The third-order valence-corrected chi connectivity index (χ3v) is 8.57. The second kappa shape index (κ2) is 11.4. The number of rotatable bonds is 10. The Morgan fingerprint density at radius 3 is 2.61 bits per heavy atom. The molecule has 0 saturated heterocycles. The molecule has 2 aromatic rings. The van der Waals surface area contributed by atoms with Crippen LogP contribution in [0, 0.1) is 0 Å². The van der Waals surface area contributed by atoms with Gasteiger partial charge in [0.05, 0.1) is 5.75 Å². The predicted molar refractivity (Wildman–Crippen MR) is 137 cm³/mol. The van der Waals surface area contributed by atoms with Crippen molar-refractivity contribution in [3.05, 3.63) is 64.2 Å². The summed E-state index contributed by atoms with van der Waals surface area (Å²) >= 11 is 6.15. The third kappa shape index (κ3) is 6.04. The number of benzene rings is 2. The number of sulfonamides is 1. The van der Waals surface area contributed by atoms with E-state index in [1.54, 1.807) is 0 Å². The molecule has 2 aromatic carbocycles. The molecule has 0 spiro atoms. The molecule has 1 saturated carbocycles. The number of nitrogens with one attached hydrogen (secondary N) is 2. The first-order valence-corrected chi connectivity index (χ1v) is 13.7. The summed E-state index contributed by atoms with van der Waals surface area (Å²) in [6.45, 7) is 3.54. The Balaban J connectivity index is 0.00000306. The summed E-state index contributed by atoms with van der Waals surface area (Å²) in [5.41, 5.74) is 4.08. The first-order chi connectivity index (χ1) is 15.4. The highest BCUT2D eigenvalue weighted by atomic mass is 35.5. The number of fused-ring (bicyclic) bond motifs is 1. The average Bonchev–Trinajstić information content (AvgIpc) is 2.76. The van der Waals surface area contributed by atoms with E-state index in [9.17, 15) is 8.42 Å². The van der Waals surface area contributed by atoms with Gasteiger partial charge in [-0.3, -0.25) is 0 Å². The van der Waals surface area contributed by atoms with Crippen molar-refractivity contribution in [2.45, 2.75) is 56.9 Å². The van der Waals surface area contributed by atoms with Gasteiger partial charge in [0, 0.05) is 23.0 Å². The molecule has 1 unspecified atom stereocenters. The summed E-state index contributed by atoms with van der Waals surface area (Å²) in [6, 6.07) is 14.9. The number of ether oxygens (including phenoxy) is 1. The van der Waals surface area contributed by atoms with Crippen LogP contribution in [0.5, 0.6) is 5.75 Å². The summed E-state index contributed by atoms with van der Waals surface area (Å²) in [4.78, 5) is 0. The van der Waals surface area contributed by atoms with E-state index >= 15 is 0 Å². The summed E-state index contributed by atoms with van der Waals surface area (Å²) in [5.74, 6) is 0.957. The lowest BCUT2D eigenvalue weighted by Gasteiger charge is -2.50. The first-order valence-electron chi connectivity index (χ1n) is 11.7. The van der Waals surface area contributed by atoms with Gasteiger partial charge in [0.25, 0.3) is 0 Å². The van der Waals surface area contributed by atoms with Gasteiger partial charge in [-0.25, -0.2) is 13.1 Å². The minimum atomic E-state index is -3.22. The van der Waals surface area contributed by atoms with Gasteiger partial charge in [0.1, 0.15) is 12.4 Å². The average molecular weight is 514 g/mol. The van der Waals surface area contributed by atoms with Crippen LogP contribution in [0.4, 0.5) is 0 Å². The van der Waals surface area contributed by atoms with Crippen LogP contribution < -0.4 is 14.8 Å². The zero-order chi connectivity index (χ0) is 22.6. The van der Waals surface area contributed by atoms with E-state index in [0.717, 1.165) is 43.0 Å². The van der Waals surface area contributed by atoms with Gasteiger partial charge in [0.2, 0.25) is 10.0 Å². The molecule has 0 bridgehead atoms. The van der Waals surface area contributed by atoms with Gasteiger partial charge >= 0.3 is 0 Å². The molecule has 1 atom stereocenters. The van der Waals surface area contributed by atoms with E-state index in [1.807, 2.05) is 25.1 Å². The fraction of sp³-hybridized carbons (Fsp3) is 0.520. The minimum Gasteiger partial charge on any atom is -0.492 e. The molecule has 0 aromatic heterocycles. The van der Waals surface area contributed by atoms with Gasteiger partial charge in [-0.2, -0.15) is 0 Å². The van der Waals surface area contributed by atoms with Crippen LogP contribution >= 0.6 is 24.0 Å². The van der Waals surface area contributed by atoms with Crippen molar-refractivity contribution in [3.8, 4) is 5.75 Å². The van der Waals surface area contributed by atoms with Crippen molar-refractivity contribution in [2.24, 2.45) is 0 Å². The lowest BCUT2D eigenvalue weighted by atomic mass is 9.58. The third-order valence-electron chi connectivity index (χ3n) is 6.85. The van der Waals surface area contributed by atoms with Gasteiger partial charge in [-0.1, -0.05) is 49.6 Å². The Labute approximate surface area is 209 Å². The molecule has 0 radical (unpaired) electrons. The van der Waals surface area contributed by atoms with E-state index in [1.165, 1.54) is 23.1 Å². The number of hydrogen-bond donors (Lipinski definition) is 2. The van der Waals surface area contributed by atoms with Crippen molar-refractivity contribution in [3.63, 3.8) is 0 Å². The van der Waals surface area contributed by atoms with Crippen molar-refractivity contribution in [2.75, 3.05) is 25.4 Å². The normalized spacial score (nSPS) is 19.2. The van der Waals surface area contributed by atoms with Crippen LogP contribution in [0.25, 0.3) is 0 Å². The topological polar surface area (TPSA) is 67.4 Å². The van der Waals surface area contributed by atoms with E-state index in [2.05, 4.69) is 34.3 Å².